The molecule has 1 aromatic rings. The van der Waals surface area contributed by atoms with Crippen molar-refractivity contribution in [2.24, 2.45) is 0 Å². The van der Waals surface area contributed by atoms with Gasteiger partial charge < -0.3 is 10.4 Å². The first-order valence-electron chi connectivity index (χ1n) is 7.62. The number of rotatable bonds is 8. The second-order valence-corrected chi connectivity index (χ2v) is 6.97. The molecule has 1 atom stereocenters. The maximum absolute atomic E-state index is 12.7. The van der Waals surface area contributed by atoms with E-state index >= 15 is 0 Å². The van der Waals surface area contributed by atoms with Crippen LogP contribution in [0.3, 0.4) is 0 Å². The minimum Gasteiger partial charge on any atom is -0.392 e. The van der Waals surface area contributed by atoms with Crippen molar-refractivity contribution < 1.29 is 9.50 Å². The van der Waals surface area contributed by atoms with Gasteiger partial charge in [-0.15, -0.1) is 0 Å². The lowest BCUT2D eigenvalue weighted by atomic mass is 10.0. The molecule has 0 aromatic heterocycles. The summed E-state index contributed by atoms with van der Waals surface area (Å²) in [6.45, 7) is 5.73. The van der Waals surface area contributed by atoms with Crippen LogP contribution in [0.2, 0.25) is 0 Å². The van der Waals surface area contributed by atoms with Gasteiger partial charge in [-0.1, -0.05) is 40.2 Å². The molecule has 22 heavy (non-hydrogen) atoms. The highest BCUT2D eigenvalue weighted by Crippen LogP contribution is 2.45. The molecule has 2 N–H and O–H groups in total. The molecule has 2 nitrogen and oxygen atoms in total. The molecule has 0 bridgehead atoms. The van der Waals surface area contributed by atoms with Crippen molar-refractivity contribution >= 4 is 15.9 Å². The molecule has 0 aliphatic heterocycles. The Bertz CT molecular complexity index is 562. The summed E-state index contributed by atoms with van der Waals surface area (Å²) in [6, 6.07) is 8.30. The lowest BCUT2D eigenvalue weighted by Crippen LogP contribution is -2.35. The molecule has 0 spiro atoms. The summed E-state index contributed by atoms with van der Waals surface area (Å²) in [4.78, 5) is 0. The predicted octanol–water partition coefficient (Wildman–Crippen LogP) is 4.60. The van der Waals surface area contributed by atoms with Crippen LogP contribution >= 0.6 is 15.9 Å². The van der Waals surface area contributed by atoms with Crippen molar-refractivity contribution in [3.05, 3.63) is 58.4 Å². The van der Waals surface area contributed by atoms with E-state index in [2.05, 4.69) is 40.0 Å². The summed E-state index contributed by atoms with van der Waals surface area (Å²) >= 11 is 3.50. The van der Waals surface area contributed by atoms with E-state index in [4.69, 9.17) is 0 Å². The zero-order valence-corrected chi connectivity index (χ0v) is 14.5. The Morgan fingerprint density at radius 2 is 2.27 bits per heavy atom. The van der Waals surface area contributed by atoms with E-state index in [-0.39, 0.29) is 11.4 Å². The molecule has 2 rings (SSSR count). The van der Waals surface area contributed by atoms with Crippen molar-refractivity contribution in [2.75, 3.05) is 6.54 Å². The van der Waals surface area contributed by atoms with Gasteiger partial charge >= 0.3 is 0 Å². The standard InChI is InChI=1S/C18H23BrFNO/c1-13(10-14(2)20)6-7-17(22)12-21-18(8-9-18)15-4-3-5-16(19)11-15/h3-5,10-11,17,21-22H,1,6-9,12H2,2H3/b14-10+/t17-/m0/s1. The Morgan fingerprint density at radius 3 is 2.86 bits per heavy atom. The lowest BCUT2D eigenvalue weighted by Gasteiger charge is -2.21. The second-order valence-electron chi connectivity index (χ2n) is 6.06. The third kappa shape index (κ3) is 5.04. The van der Waals surface area contributed by atoms with Crippen LogP contribution in [0.5, 0.6) is 0 Å². The highest BCUT2D eigenvalue weighted by molar-refractivity contribution is 9.10. The molecular formula is C18H23BrFNO. The van der Waals surface area contributed by atoms with E-state index in [1.54, 1.807) is 0 Å². The molecule has 1 aliphatic rings. The molecule has 0 saturated heterocycles. The Labute approximate surface area is 140 Å². The Kier molecular flexibility index (Phi) is 5.95. The Balaban J connectivity index is 1.80. The zero-order valence-electron chi connectivity index (χ0n) is 12.9. The minimum atomic E-state index is -0.449. The monoisotopic (exact) mass is 367 g/mol. The predicted molar refractivity (Wildman–Crippen MR) is 92.3 cm³/mol. The van der Waals surface area contributed by atoms with Crippen LogP contribution in [0, 0.1) is 0 Å². The Morgan fingerprint density at radius 1 is 1.55 bits per heavy atom. The van der Waals surface area contributed by atoms with Gasteiger partial charge in [-0.3, -0.25) is 0 Å². The molecule has 0 radical (unpaired) electrons. The topological polar surface area (TPSA) is 32.3 Å². The summed E-state index contributed by atoms with van der Waals surface area (Å²) in [5.41, 5.74) is 1.98. The van der Waals surface area contributed by atoms with Gasteiger partial charge in [0.1, 0.15) is 0 Å². The maximum Gasteiger partial charge on any atom is 0.0971 e. The summed E-state index contributed by atoms with van der Waals surface area (Å²) in [6.07, 6.45) is 4.34. The van der Waals surface area contributed by atoms with Crippen molar-refractivity contribution in [2.45, 2.75) is 44.2 Å². The summed E-state index contributed by atoms with van der Waals surface area (Å²) in [7, 11) is 0. The number of halogens is 2. The van der Waals surface area contributed by atoms with E-state index < -0.39 is 6.10 Å². The molecule has 1 saturated carbocycles. The van der Waals surface area contributed by atoms with Crippen LogP contribution in [0.25, 0.3) is 0 Å². The fourth-order valence-electron chi connectivity index (χ4n) is 2.60. The van der Waals surface area contributed by atoms with Crippen LogP contribution in [0.4, 0.5) is 4.39 Å². The first-order valence-corrected chi connectivity index (χ1v) is 8.41. The van der Waals surface area contributed by atoms with Gasteiger partial charge in [0.25, 0.3) is 0 Å². The number of allylic oxidation sites excluding steroid dienone is 3. The largest absolute Gasteiger partial charge is 0.392 e. The molecule has 1 fully saturated rings. The summed E-state index contributed by atoms with van der Waals surface area (Å²) in [5.74, 6) is -0.246. The second kappa shape index (κ2) is 7.53. The normalized spacial score (nSPS) is 18.1. The molecule has 0 heterocycles. The SMILES string of the molecule is C=C(/C=C(\C)F)CC[C@H](O)CNC1(c2cccc(Br)c2)CC1. The van der Waals surface area contributed by atoms with Gasteiger partial charge in [0.2, 0.25) is 0 Å². The Hall–Kier alpha value is -0.970. The van der Waals surface area contributed by atoms with E-state index in [1.807, 2.05) is 12.1 Å². The average Bonchev–Trinajstić information content (AvgIpc) is 3.23. The highest BCUT2D eigenvalue weighted by Gasteiger charge is 2.43. The first-order chi connectivity index (χ1) is 10.4. The van der Waals surface area contributed by atoms with Crippen LogP contribution in [-0.4, -0.2) is 17.8 Å². The molecule has 1 aromatic carbocycles. The van der Waals surface area contributed by atoms with Crippen molar-refractivity contribution in [1.29, 1.82) is 0 Å². The highest BCUT2D eigenvalue weighted by atomic mass is 79.9. The van der Waals surface area contributed by atoms with Crippen LogP contribution in [0.15, 0.2) is 52.8 Å². The van der Waals surface area contributed by atoms with Crippen molar-refractivity contribution in [3.63, 3.8) is 0 Å². The fourth-order valence-corrected chi connectivity index (χ4v) is 3.00. The third-order valence-electron chi connectivity index (χ3n) is 4.00. The van der Waals surface area contributed by atoms with Gasteiger partial charge in [0.15, 0.2) is 0 Å². The molecule has 0 amide bonds. The molecule has 1 aliphatic carbocycles. The summed E-state index contributed by atoms with van der Waals surface area (Å²) in [5, 5.41) is 13.6. The van der Waals surface area contributed by atoms with E-state index in [1.165, 1.54) is 18.6 Å². The lowest BCUT2D eigenvalue weighted by molar-refractivity contribution is 0.156. The van der Waals surface area contributed by atoms with Gasteiger partial charge in [-0.2, -0.15) is 0 Å². The first kappa shape index (κ1) is 17.4. The average molecular weight is 368 g/mol. The van der Waals surface area contributed by atoms with Gasteiger partial charge in [-0.05, 0) is 56.4 Å². The minimum absolute atomic E-state index is 0.0111. The molecule has 0 unspecified atom stereocenters. The molecule has 120 valence electrons. The number of aliphatic hydroxyl groups is 1. The number of nitrogens with one attached hydrogen (secondary N) is 1. The quantitative estimate of drug-likeness (QED) is 0.658. The van der Waals surface area contributed by atoms with Crippen molar-refractivity contribution in [3.8, 4) is 0 Å². The number of aliphatic hydroxyl groups excluding tert-OH is 1. The van der Waals surface area contributed by atoms with E-state index in [9.17, 15) is 9.50 Å². The van der Waals surface area contributed by atoms with Gasteiger partial charge in [-0.25, -0.2) is 4.39 Å². The van der Waals surface area contributed by atoms with E-state index in [0.717, 1.165) is 17.3 Å². The summed E-state index contributed by atoms with van der Waals surface area (Å²) < 4.78 is 13.8. The number of hydrogen-bond donors (Lipinski definition) is 2. The third-order valence-corrected chi connectivity index (χ3v) is 4.50. The van der Waals surface area contributed by atoms with Gasteiger partial charge in [0.05, 0.1) is 11.9 Å². The smallest absolute Gasteiger partial charge is 0.0971 e. The van der Waals surface area contributed by atoms with Crippen LogP contribution in [0.1, 0.15) is 38.2 Å². The van der Waals surface area contributed by atoms with Gasteiger partial charge in [0, 0.05) is 16.6 Å². The maximum atomic E-state index is 12.7. The van der Waals surface area contributed by atoms with Crippen LogP contribution < -0.4 is 5.32 Å². The number of hydrogen-bond acceptors (Lipinski definition) is 2. The van der Waals surface area contributed by atoms with Crippen molar-refractivity contribution in [1.82, 2.24) is 5.32 Å². The molecule has 4 heteroatoms. The van der Waals surface area contributed by atoms with E-state index in [0.29, 0.717) is 25.0 Å². The van der Waals surface area contributed by atoms with Crippen LogP contribution in [-0.2, 0) is 5.54 Å². The fraction of sp³-hybridized carbons (Fsp3) is 0.444. The number of benzene rings is 1. The zero-order chi connectivity index (χ0) is 16.2. The molecular weight excluding hydrogens is 345 g/mol.